The first-order valence-corrected chi connectivity index (χ1v) is 10.2. The van der Waals surface area contributed by atoms with Crippen molar-refractivity contribution in [2.75, 3.05) is 4.90 Å². The molecule has 3 aromatic carbocycles. The number of para-hydroxylation sites is 2. The van der Waals surface area contributed by atoms with E-state index >= 15 is 0 Å². The first kappa shape index (κ1) is 21.1. The number of carboxylic acids is 1. The summed E-state index contributed by atoms with van der Waals surface area (Å²) in [5.41, 5.74) is 1.96. The lowest BCUT2D eigenvalue weighted by atomic mass is 10.1. The standard InChI is InChI=1S/C26H21NO5/c1-2-18-9-3-5-12-22(18)27(16-17-8-7-11-20(14-17)25(29)30)24(28)21-15-19-10-4-6-13-23(19)32-26(21)31/h3-15H,2,16H2,1H3,(H,29,30). The molecular formula is C26H21NO5. The molecule has 1 N–H and O–H groups in total. The molecule has 6 nitrogen and oxygen atoms in total. The molecule has 0 bridgehead atoms. The van der Waals surface area contributed by atoms with Crippen molar-refractivity contribution in [3.8, 4) is 0 Å². The number of anilines is 1. The molecule has 0 aliphatic heterocycles. The van der Waals surface area contributed by atoms with Gasteiger partial charge >= 0.3 is 11.6 Å². The van der Waals surface area contributed by atoms with Crippen molar-refractivity contribution in [3.63, 3.8) is 0 Å². The van der Waals surface area contributed by atoms with Crippen LogP contribution in [0.4, 0.5) is 5.69 Å². The fraction of sp³-hybridized carbons (Fsp3) is 0.115. The molecule has 1 amide bonds. The molecule has 4 rings (SSSR count). The van der Waals surface area contributed by atoms with Gasteiger partial charge in [0.2, 0.25) is 0 Å². The number of benzene rings is 3. The summed E-state index contributed by atoms with van der Waals surface area (Å²) in [4.78, 5) is 39.2. The number of carbonyl (C=O) groups is 2. The number of aryl methyl sites for hydroxylation is 1. The Bertz CT molecular complexity index is 1370. The molecule has 0 saturated heterocycles. The molecule has 32 heavy (non-hydrogen) atoms. The number of aromatic carboxylic acids is 1. The smallest absolute Gasteiger partial charge is 0.349 e. The Kier molecular flexibility index (Phi) is 5.85. The van der Waals surface area contributed by atoms with Gasteiger partial charge in [-0.2, -0.15) is 0 Å². The van der Waals surface area contributed by atoms with Gasteiger partial charge in [0.1, 0.15) is 11.1 Å². The summed E-state index contributed by atoms with van der Waals surface area (Å²) >= 11 is 0. The topological polar surface area (TPSA) is 87.8 Å². The molecule has 0 atom stereocenters. The number of rotatable bonds is 6. The Morgan fingerprint density at radius 2 is 1.69 bits per heavy atom. The lowest BCUT2D eigenvalue weighted by Gasteiger charge is -2.25. The Labute approximate surface area is 184 Å². The van der Waals surface area contributed by atoms with Crippen LogP contribution in [-0.2, 0) is 13.0 Å². The minimum Gasteiger partial charge on any atom is -0.478 e. The number of hydrogen-bond donors (Lipinski definition) is 1. The largest absolute Gasteiger partial charge is 0.478 e. The molecule has 0 aliphatic carbocycles. The molecule has 1 heterocycles. The zero-order chi connectivity index (χ0) is 22.7. The Morgan fingerprint density at radius 3 is 2.47 bits per heavy atom. The first-order valence-electron chi connectivity index (χ1n) is 10.2. The van der Waals surface area contributed by atoms with Crippen LogP contribution in [0.15, 0.2) is 88.1 Å². The second-order valence-electron chi connectivity index (χ2n) is 7.36. The number of nitrogens with zero attached hydrogens (tertiary/aromatic N) is 1. The summed E-state index contributed by atoms with van der Waals surface area (Å²) in [5.74, 6) is -1.56. The second-order valence-corrected chi connectivity index (χ2v) is 7.36. The first-order chi connectivity index (χ1) is 15.5. The number of hydrogen-bond acceptors (Lipinski definition) is 4. The molecule has 1 aromatic heterocycles. The number of fused-ring (bicyclic) bond motifs is 1. The number of amides is 1. The molecule has 0 saturated carbocycles. The summed E-state index contributed by atoms with van der Waals surface area (Å²) in [5, 5.41) is 9.98. The molecule has 0 radical (unpaired) electrons. The van der Waals surface area contributed by atoms with Crippen molar-refractivity contribution < 1.29 is 19.1 Å². The van der Waals surface area contributed by atoms with Gasteiger partial charge in [0, 0.05) is 11.1 Å². The Morgan fingerprint density at radius 1 is 0.938 bits per heavy atom. The normalized spacial score (nSPS) is 10.8. The van der Waals surface area contributed by atoms with Gasteiger partial charge in [-0.15, -0.1) is 0 Å². The van der Waals surface area contributed by atoms with Crippen LogP contribution in [0.3, 0.4) is 0 Å². The van der Waals surface area contributed by atoms with Crippen LogP contribution in [0.2, 0.25) is 0 Å². The zero-order valence-electron chi connectivity index (χ0n) is 17.4. The lowest BCUT2D eigenvalue weighted by molar-refractivity contribution is 0.0696. The highest BCUT2D eigenvalue weighted by molar-refractivity contribution is 6.07. The van der Waals surface area contributed by atoms with E-state index in [1.165, 1.54) is 17.0 Å². The van der Waals surface area contributed by atoms with Gasteiger partial charge in [0.25, 0.3) is 5.91 Å². The van der Waals surface area contributed by atoms with Crippen molar-refractivity contribution >= 4 is 28.5 Å². The molecule has 0 aliphatic rings. The second kappa shape index (κ2) is 8.89. The Balaban J connectivity index is 1.83. The average molecular weight is 427 g/mol. The third-order valence-electron chi connectivity index (χ3n) is 5.29. The molecular weight excluding hydrogens is 406 g/mol. The predicted molar refractivity (Wildman–Crippen MR) is 122 cm³/mol. The van der Waals surface area contributed by atoms with Gasteiger partial charge in [0.05, 0.1) is 12.1 Å². The zero-order valence-corrected chi connectivity index (χ0v) is 17.4. The molecule has 0 spiro atoms. The summed E-state index contributed by atoms with van der Waals surface area (Å²) in [6.45, 7) is 2.08. The van der Waals surface area contributed by atoms with E-state index < -0.39 is 17.5 Å². The van der Waals surface area contributed by atoms with Gasteiger partial charge in [-0.25, -0.2) is 9.59 Å². The van der Waals surface area contributed by atoms with Crippen molar-refractivity contribution in [2.45, 2.75) is 19.9 Å². The van der Waals surface area contributed by atoms with Gasteiger partial charge < -0.3 is 14.4 Å². The highest BCUT2D eigenvalue weighted by atomic mass is 16.4. The third-order valence-corrected chi connectivity index (χ3v) is 5.29. The predicted octanol–water partition coefficient (Wildman–Crippen LogP) is 4.90. The van der Waals surface area contributed by atoms with E-state index in [2.05, 4.69) is 0 Å². The van der Waals surface area contributed by atoms with Crippen molar-refractivity contribution in [2.24, 2.45) is 0 Å². The minimum absolute atomic E-state index is 0.0796. The van der Waals surface area contributed by atoms with E-state index in [4.69, 9.17) is 4.42 Å². The number of carbonyl (C=O) groups excluding carboxylic acids is 1. The lowest BCUT2D eigenvalue weighted by Crippen LogP contribution is -2.34. The van der Waals surface area contributed by atoms with Gasteiger partial charge in [-0.1, -0.05) is 55.5 Å². The van der Waals surface area contributed by atoms with Gasteiger partial charge in [-0.3, -0.25) is 4.79 Å². The SMILES string of the molecule is CCc1ccccc1N(Cc1cccc(C(=O)O)c1)C(=O)c1cc2ccccc2oc1=O. The van der Waals surface area contributed by atoms with E-state index in [0.29, 0.717) is 28.6 Å². The van der Waals surface area contributed by atoms with E-state index in [-0.39, 0.29) is 17.7 Å². The van der Waals surface area contributed by atoms with Crippen LogP contribution in [0.1, 0.15) is 38.8 Å². The summed E-state index contributed by atoms with van der Waals surface area (Å²) in [7, 11) is 0. The third kappa shape index (κ3) is 4.16. The maximum Gasteiger partial charge on any atom is 0.349 e. The van der Waals surface area contributed by atoms with Crippen LogP contribution in [-0.4, -0.2) is 17.0 Å². The highest BCUT2D eigenvalue weighted by Crippen LogP contribution is 2.26. The van der Waals surface area contributed by atoms with Gasteiger partial charge in [-0.05, 0) is 47.9 Å². The Hall–Kier alpha value is -4.19. The van der Waals surface area contributed by atoms with Crippen LogP contribution in [0.5, 0.6) is 0 Å². The van der Waals surface area contributed by atoms with Crippen molar-refractivity contribution in [1.82, 2.24) is 0 Å². The number of carboxylic acid groups (broad SMARTS) is 1. The fourth-order valence-corrected chi connectivity index (χ4v) is 3.68. The molecule has 0 unspecified atom stereocenters. The molecule has 6 heteroatoms. The summed E-state index contributed by atoms with van der Waals surface area (Å²) in [6, 6.07) is 22.4. The average Bonchev–Trinajstić information content (AvgIpc) is 2.82. The monoisotopic (exact) mass is 427 g/mol. The van der Waals surface area contributed by atoms with Crippen LogP contribution in [0.25, 0.3) is 11.0 Å². The van der Waals surface area contributed by atoms with E-state index in [0.717, 1.165) is 5.56 Å². The fourth-order valence-electron chi connectivity index (χ4n) is 3.68. The van der Waals surface area contributed by atoms with E-state index in [9.17, 15) is 19.5 Å². The van der Waals surface area contributed by atoms with E-state index in [1.807, 2.05) is 31.2 Å². The quantitative estimate of drug-likeness (QED) is 0.442. The van der Waals surface area contributed by atoms with Crippen LogP contribution >= 0.6 is 0 Å². The molecule has 0 fully saturated rings. The van der Waals surface area contributed by atoms with Crippen molar-refractivity contribution in [1.29, 1.82) is 0 Å². The van der Waals surface area contributed by atoms with Crippen LogP contribution in [0, 0.1) is 0 Å². The maximum absolute atomic E-state index is 13.7. The maximum atomic E-state index is 13.7. The van der Waals surface area contributed by atoms with Crippen molar-refractivity contribution in [3.05, 3.63) is 112 Å². The van der Waals surface area contributed by atoms with Crippen LogP contribution < -0.4 is 10.5 Å². The minimum atomic E-state index is -1.05. The summed E-state index contributed by atoms with van der Waals surface area (Å²) in [6.07, 6.45) is 0.682. The van der Waals surface area contributed by atoms with Gasteiger partial charge in [0.15, 0.2) is 0 Å². The van der Waals surface area contributed by atoms with E-state index in [1.54, 1.807) is 42.5 Å². The highest BCUT2D eigenvalue weighted by Gasteiger charge is 2.24. The molecule has 160 valence electrons. The molecule has 4 aromatic rings. The summed E-state index contributed by atoms with van der Waals surface area (Å²) < 4.78 is 5.38.